The van der Waals surface area contributed by atoms with E-state index in [1.54, 1.807) is 24.3 Å². The summed E-state index contributed by atoms with van der Waals surface area (Å²) in [7, 11) is 0. The molecule has 0 amide bonds. The van der Waals surface area contributed by atoms with Crippen molar-refractivity contribution in [1.29, 1.82) is 0 Å². The van der Waals surface area contributed by atoms with Gasteiger partial charge in [-0.1, -0.05) is 12.1 Å². The van der Waals surface area contributed by atoms with Crippen LogP contribution in [0.1, 0.15) is 28.4 Å². The summed E-state index contributed by atoms with van der Waals surface area (Å²) in [5.41, 5.74) is -0.847. The van der Waals surface area contributed by atoms with Crippen LogP contribution in [0.2, 0.25) is 0 Å². The highest BCUT2D eigenvalue weighted by Crippen LogP contribution is 2.38. The van der Waals surface area contributed by atoms with Crippen molar-refractivity contribution in [2.45, 2.75) is 61.2 Å². The van der Waals surface area contributed by atoms with Gasteiger partial charge in [-0.2, -0.15) is 0 Å². The molecule has 3 aliphatic rings. The molecule has 2 aromatic rings. The zero-order valence-electron chi connectivity index (χ0n) is 20.6. The van der Waals surface area contributed by atoms with E-state index in [9.17, 15) is 40.5 Å². The van der Waals surface area contributed by atoms with E-state index in [1.807, 2.05) is 0 Å². The maximum absolute atomic E-state index is 12.8. The zero-order chi connectivity index (χ0) is 27.9. The van der Waals surface area contributed by atoms with Crippen molar-refractivity contribution in [3.05, 3.63) is 53.6 Å². The van der Waals surface area contributed by atoms with Crippen molar-refractivity contribution >= 4 is 5.78 Å². The van der Waals surface area contributed by atoms with Crippen LogP contribution in [0.25, 0.3) is 0 Å². The molecule has 13 heteroatoms. The van der Waals surface area contributed by atoms with Crippen LogP contribution in [-0.4, -0.2) is 110 Å². The molecule has 13 nitrogen and oxygen atoms in total. The van der Waals surface area contributed by atoms with Crippen molar-refractivity contribution in [3.63, 3.8) is 0 Å². The Morgan fingerprint density at radius 3 is 2.26 bits per heavy atom. The summed E-state index contributed by atoms with van der Waals surface area (Å²) < 4.78 is 27.9. The summed E-state index contributed by atoms with van der Waals surface area (Å²) in [6, 6.07) is 10.9. The molecule has 7 N–H and O–H groups in total. The Morgan fingerprint density at radius 2 is 1.59 bits per heavy atom. The number of Topliss-reactive ketones (excluding diaryl/α,β-unsaturated/α-hetero) is 1. The number of ketones is 1. The molecule has 3 heterocycles. The fraction of sp³-hybridized carbons (Fsp3) is 0.500. The highest BCUT2D eigenvalue weighted by molar-refractivity contribution is 6.00. The number of hydrogen-bond acceptors (Lipinski definition) is 13. The van der Waals surface area contributed by atoms with Gasteiger partial charge >= 0.3 is 0 Å². The summed E-state index contributed by atoms with van der Waals surface area (Å²) in [5, 5.41) is 69.0. The SMILES string of the molecule is O=C1C[C@H](c2ccc(O[C@H]3O[C@@H](CO)[C@H](O)[C@@H](O)[C@@H]3O)cc2)Oc2cc(O[C@@H]3OC[C@@](O)(CO)[C@@H]3O)ccc21. The number of carbonyl (C=O) groups is 1. The normalized spacial score (nSPS) is 36.2. The molecule has 3 aliphatic heterocycles. The van der Waals surface area contributed by atoms with Crippen molar-refractivity contribution in [3.8, 4) is 17.2 Å². The number of ether oxygens (including phenoxy) is 5. The lowest BCUT2D eigenvalue weighted by molar-refractivity contribution is -0.277. The van der Waals surface area contributed by atoms with Crippen LogP contribution >= 0.6 is 0 Å². The second-order valence-electron chi connectivity index (χ2n) is 9.78. The first kappa shape index (κ1) is 27.7. The molecule has 0 aromatic heterocycles. The highest BCUT2D eigenvalue weighted by atomic mass is 16.7. The van der Waals surface area contributed by atoms with Crippen LogP contribution in [0.3, 0.4) is 0 Å². The molecule has 212 valence electrons. The smallest absolute Gasteiger partial charge is 0.229 e. The minimum absolute atomic E-state index is 0.0636. The van der Waals surface area contributed by atoms with E-state index in [0.717, 1.165) is 0 Å². The Kier molecular flexibility index (Phi) is 7.79. The van der Waals surface area contributed by atoms with Gasteiger partial charge in [-0.15, -0.1) is 0 Å². The fourth-order valence-electron chi connectivity index (χ4n) is 4.65. The number of carbonyl (C=O) groups excluding carboxylic acids is 1. The monoisotopic (exact) mass is 550 g/mol. The second kappa shape index (κ2) is 11.0. The van der Waals surface area contributed by atoms with Gasteiger partial charge in [-0.05, 0) is 29.8 Å². The molecule has 2 saturated heterocycles. The van der Waals surface area contributed by atoms with Gasteiger partial charge in [0, 0.05) is 6.07 Å². The van der Waals surface area contributed by atoms with Gasteiger partial charge < -0.3 is 59.4 Å². The van der Waals surface area contributed by atoms with Gasteiger partial charge in [0.1, 0.15) is 59.5 Å². The molecular weight excluding hydrogens is 520 g/mol. The van der Waals surface area contributed by atoms with Crippen molar-refractivity contribution in [2.24, 2.45) is 0 Å². The van der Waals surface area contributed by atoms with Gasteiger partial charge in [-0.25, -0.2) is 0 Å². The first-order valence-electron chi connectivity index (χ1n) is 12.3. The van der Waals surface area contributed by atoms with Crippen LogP contribution in [-0.2, 0) is 9.47 Å². The molecule has 0 aliphatic carbocycles. The number of aliphatic hydroxyl groups excluding tert-OH is 6. The maximum atomic E-state index is 12.8. The minimum Gasteiger partial charge on any atom is -0.484 e. The Balaban J connectivity index is 1.26. The van der Waals surface area contributed by atoms with E-state index < -0.39 is 68.0 Å². The second-order valence-corrected chi connectivity index (χ2v) is 9.78. The molecule has 0 spiro atoms. The molecule has 0 bridgehead atoms. The predicted octanol–water partition coefficient (Wildman–Crippen LogP) is -1.61. The van der Waals surface area contributed by atoms with Crippen molar-refractivity contribution in [1.82, 2.24) is 0 Å². The number of aliphatic hydroxyl groups is 7. The van der Waals surface area contributed by atoms with E-state index >= 15 is 0 Å². The Bertz CT molecular complexity index is 1170. The molecule has 0 unspecified atom stereocenters. The molecule has 2 fully saturated rings. The number of rotatable bonds is 7. The van der Waals surface area contributed by atoms with E-state index in [2.05, 4.69) is 0 Å². The summed E-state index contributed by atoms with van der Waals surface area (Å²) in [4.78, 5) is 12.8. The zero-order valence-corrected chi connectivity index (χ0v) is 20.6. The van der Waals surface area contributed by atoms with Crippen molar-refractivity contribution in [2.75, 3.05) is 19.8 Å². The molecule has 39 heavy (non-hydrogen) atoms. The number of benzene rings is 2. The topological polar surface area (TPSA) is 205 Å². The molecule has 0 radical (unpaired) electrons. The quantitative estimate of drug-likeness (QED) is 0.208. The summed E-state index contributed by atoms with van der Waals surface area (Å²) in [5.74, 6) is 0.567. The lowest BCUT2D eigenvalue weighted by atomic mass is 9.96. The molecule has 5 rings (SSSR count). The van der Waals surface area contributed by atoms with E-state index in [0.29, 0.717) is 11.1 Å². The van der Waals surface area contributed by atoms with Crippen LogP contribution in [0.4, 0.5) is 0 Å². The van der Waals surface area contributed by atoms with E-state index in [4.69, 9.17) is 23.7 Å². The highest BCUT2D eigenvalue weighted by Gasteiger charge is 2.49. The lowest BCUT2D eigenvalue weighted by Crippen LogP contribution is -2.60. The molecule has 9 atom stereocenters. The van der Waals surface area contributed by atoms with Crippen molar-refractivity contribution < 1.29 is 64.2 Å². The van der Waals surface area contributed by atoms with Gasteiger partial charge in [-0.3, -0.25) is 4.79 Å². The summed E-state index contributed by atoms with van der Waals surface area (Å²) >= 11 is 0. The van der Waals surface area contributed by atoms with Gasteiger partial charge in [0.05, 0.1) is 31.8 Å². The van der Waals surface area contributed by atoms with Gasteiger partial charge in [0.25, 0.3) is 0 Å². The predicted molar refractivity (Wildman–Crippen MR) is 128 cm³/mol. The molecular formula is C26H30O13. The average molecular weight is 551 g/mol. The van der Waals surface area contributed by atoms with E-state index in [-0.39, 0.29) is 36.1 Å². The Morgan fingerprint density at radius 1 is 0.897 bits per heavy atom. The standard InChI is InChI=1S/C26H30O13/c27-9-19-20(30)21(31)22(32)24(39-19)36-13-3-1-12(2-4-13)17-8-16(29)15-6-5-14(7-18(15)38-17)37-25-23(33)26(34,10-28)11-35-25/h1-7,17,19-25,27-28,30-34H,8-11H2/t17-,19+,20+,21-,22+,23-,24+,25+,26+/m1/s1. The first-order chi connectivity index (χ1) is 18.6. The Labute approximate surface area is 222 Å². The van der Waals surface area contributed by atoms with Crippen LogP contribution in [0.5, 0.6) is 17.2 Å². The maximum Gasteiger partial charge on any atom is 0.229 e. The third kappa shape index (κ3) is 5.33. The Hall–Kier alpha value is -2.85. The van der Waals surface area contributed by atoms with E-state index in [1.165, 1.54) is 18.2 Å². The minimum atomic E-state index is -1.84. The van der Waals surface area contributed by atoms with Crippen LogP contribution in [0.15, 0.2) is 42.5 Å². The average Bonchev–Trinajstić information content (AvgIpc) is 3.22. The summed E-state index contributed by atoms with van der Waals surface area (Å²) in [6.07, 6.45) is -10.4. The molecule has 2 aromatic carbocycles. The summed E-state index contributed by atoms with van der Waals surface area (Å²) in [6.45, 7) is -1.60. The largest absolute Gasteiger partial charge is 0.484 e. The lowest BCUT2D eigenvalue weighted by Gasteiger charge is -2.39. The first-order valence-corrected chi connectivity index (χ1v) is 12.3. The fourth-order valence-corrected chi connectivity index (χ4v) is 4.65. The third-order valence-electron chi connectivity index (χ3n) is 7.08. The van der Waals surface area contributed by atoms with Crippen LogP contribution < -0.4 is 14.2 Å². The number of hydrogen-bond donors (Lipinski definition) is 7. The van der Waals surface area contributed by atoms with Gasteiger partial charge in [0.2, 0.25) is 12.6 Å². The number of fused-ring (bicyclic) bond motifs is 1. The van der Waals surface area contributed by atoms with Gasteiger partial charge in [0.15, 0.2) is 5.78 Å². The molecule has 0 saturated carbocycles. The third-order valence-corrected chi connectivity index (χ3v) is 7.08. The van der Waals surface area contributed by atoms with Crippen LogP contribution in [0, 0.1) is 0 Å².